The second-order valence-corrected chi connectivity index (χ2v) is 7.28. The van der Waals surface area contributed by atoms with Crippen LogP contribution in [0.25, 0.3) is 0 Å². The monoisotopic (exact) mass is 465 g/mol. The Hall–Kier alpha value is -1.60. The third kappa shape index (κ3) is 7.97. The zero-order chi connectivity index (χ0) is 19.5. The molecule has 1 aliphatic heterocycles. The van der Waals surface area contributed by atoms with E-state index in [9.17, 15) is 0 Å². The summed E-state index contributed by atoms with van der Waals surface area (Å²) in [4.78, 5) is 0. The van der Waals surface area contributed by atoms with Gasteiger partial charge in [0.2, 0.25) is 0 Å². The average Bonchev–Trinajstić information content (AvgIpc) is 2.74. The highest BCUT2D eigenvalue weighted by Crippen LogP contribution is 2.20. The molecule has 0 aromatic heterocycles. The van der Waals surface area contributed by atoms with Crippen LogP contribution in [-0.2, 0) is 16.0 Å². The van der Waals surface area contributed by atoms with Crippen LogP contribution in [0, 0.1) is 0 Å². The molecule has 2 aromatic carbocycles. The molecule has 0 amide bonds. The predicted octanol–water partition coefficient (Wildman–Crippen LogP) is 0.532. The molecule has 0 N–H and O–H groups in total. The molecule has 1 fully saturated rings. The van der Waals surface area contributed by atoms with E-state index in [0.29, 0.717) is 13.2 Å². The number of morpholine rings is 1. The van der Waals surface area contributed by atoms with E-state index in [1.165, 1.54) is 5.56 Å². The predicted molar refractivity (Wildman–Crippen MR) is 110 cm³/mol. The summed E-state index contributed by atoms with van der Waals surface area (Å²) in [6.45, 7) is 7.88. The summed E-state index contributed by atoms with van der Waals surface area (Å²) < 4.78 is 23.2. The molecule has 0 saturated carbocycles. The van der Waals surface area contributed by atoms with Crippen LogP contribution < -0.4 is 26.5 Å². The van der Waals surface area contributed by atoms with Crippen LogP contribution in [0.2, 0.25) is 0 Å². The lowest BCUT2D eigenvalue weighted by Gasteiger charge is -2.41. The van der Waals surface area contributed by atoms with Crippen molar-refractivity contribution in [2.45, 2.75) is 13.0 Å². The lowest BCUT2D eigenvalue weighted by molar-refractivity contribution is -0.947. The molecule has 160 valence electrons. The van der Waals surface area contributed by atoms with Gasteiger partial charge in [-0.25, -0.2) is 0 Å². The first-order valence-electron chi connectivity index (χ1n) is 10.1. The number of hydrogen-bond acceptors (Lipinski definition) is 4. The van der Waals surface area contributed by atoms with E-state index >= 15 is 0 Å². The molecule has 0 bridgehead atoms. The van der Waals surface area contributed by atoms with Crippen LogP contribution in [0.4, 0.5) is 0 Å². The van der Waals surface area contributed by atoms with Crippen LogP contribution in [0.15, 0.2) is 54.6 Å². The molecule has 0 unspecified atom stereocenters. The van der Waals surface area contributed by atoms with Crippen LogP contribution in [-0.4, -0.2) is 64.3 Å². The van der Waals surface area contributed by atoms with Crippen molar-refractivity contribution in [2.24, 2.45) is 0 Å². The van der Waals surface area contributed by atoms with E-state index in [4.69, 9.17) is 18.9 Å². The molecule has 6 heteroatoms. The Labute approximate surface area is 184 Å². The number of ether oxygens (including phenoxy) is 4. The topological polar surface area (TPSA) is 36.9 Å². The van der Waals surface area contributed by atoms with Crippen molar-refractivity contribution in [3.8, 4) is 11.5 Å². The average molecular weight is 466 g/mol. The van der Waals surface area contributed by atoms with Crippen molar-refractivity contribution in [2.75, 3.05) is 59.8 Å². The Morgan fingerprint density at radius 1 is 0.828 bits per heavy atom. The van der Waals surface area contributed by atoms with Gasteiger partial charge in [-0.05, 0) is 24.3 Å². The third-order valence-electron chi connectivity index (χ3n) is 5.21. The zero-order valence-electron chi connectivity index (χ0n) is 17.2. The molecule has 0 radical (unpaired) electrons. The maximum absolute atomic E-state index is 5.95. The summed E-state index contributed by atoms with van der Waals surface area (Å²) in [5, 5.41) is 0. The van der Waals surface area contributed by atoms with Gasteiger partial charge >= 0.3 is 0 Å². The van der Waals surface area contributed by atoms with Crippen LogP contribution >= 0.6 is 0 Å². The summed E-state index contributed by atoms with van der Waals surface area (Å²) in [6.07, 6.45) is 1.03. The number of nitrogens with zero attached hydrogens (tertiary/aromatic N) is 1. The quantitative estimate of drug-likeness (QED) is 0.358. The van der Waals surface area contributed by atoms with E-state index in [0.717, 1.165) is 68.4 Å². The van der Waals surface area contributed by atoms with Crippen molar-refractivity contribution in [3.05, 3.63) is 60.2 Å². The summed E-state index contributed by atoms with van der Waals surface area (Å²) in [5.74, 6) is 1.72. The summed E-state index contributed by atoms with van der Waals surface area (Å²) in [6, 6.07) is 18.6. The molecule has 5 nitrogen and oxygen atoms in total. The van der Waals surface area contributed by atoms with Gasteiger partial charge in [-0.3, -0.25) is 0 Å². The fourth-order valence-electron chi connectivity index (χ4n) is 3.63. The Bertz CT molecular complexity index is 675. The molecular formula is C23H32BrNO4. The van der Waals surface area contributed by atoms with Crippen molar-refractivity contribution < 1.29 is 40.4 Å². The van der Waals surface area contributed by atoms with Gasteiger partial charge in [0.05, 0.1) is 33.0 Å². The lowest BCUT2D eigenvalue weighted by atomic mass is 10.1. The molecule has 0 spiro atoms. The Kier molecular flexibility index (Phi) is 10.5. The normalized spacial score (nSPS) is 15.3. The molecule has 2 aromatic rings. The molecule has 0 atom stereocenters. The van der Waals surface area contributed by atoms with Gasteiger partial charge in [0.15, 0.2) is 0 Å². The fraction of sp³-hybridized carbons (Fsp3) is 0.478. The first-order valence-corrected chi connectivity index (χ1v) is 10.1. The van der Waals surface area contributed by atoms with Gasteiger partial charge in [0.1, 0.15) is 37.7 Å². The minimum Gasteiger partial charge on any atom is -1.00 e. The second kappa shape index (κ2) is 12.9. The number of rotatable bonds is 11. The van der Waals surface area contributed by atoms with E-state index in [1.54, 1.807) is 7.11 Å². The maximum atomic E-state index is 5.95. The van der Waals surface area contributed by atoms with E-state index in [-0.39, 0.29) is 17.0 Å². The van der Waals surface area contributed by atoms with E-state index in [2.05, 4.69) is 30.3 Å². The minimum atomic E-state index is 0. The van der Waals surface area contributed by atoms with Crippen molar-refractivity contribution in [1.82, 2.24) is 0 Å². The minimum absolute atomic E-state index is 0. The second-order valence-electron chi connectivity index (χ2n) is 7.28. The molecule has 0 aliphatic carbocycles. The number of halogens is 1. The fourth-order valence-corrected chi connectivity index (χ4v) is 3.63. The highest BCUT2D eigenvalue weighted by atomic mass is 79.9. The highest BCUT2D eigenvalue weighted by molar-refractivity contribution is 5.31. The largest absolute Gasteiger partial charge is 1.00 e. The van der Waals surface area contributed by atoms with Gasteiger partial charge in [-0.15, -0.1) is 0 Å². The van der Waals surface area contributed by atoms with E-state index in [1.807, 2.05) is 24.3 Å². The molecule has 1 saturated heterocycles. The Balaban J connectivity index is 0.00000300. The number of quaternary nitrogens is 1. The summed E-state index contributed by atoms with van der Waals surface area (Å²) >= 11 is 0. The van der Waals surface area contributed by atoms with Gasteiger partial charge in [-0.2, -0.15) is 0 Å². The Morgan fingerprint density at radius 2 is 1.45 bits per heavy atom. The SMILES string of the molecule is COCCOc1ccc(OCCC[N+]2(Cc3ccccc3)CCOCC2)cc1.[Br-]. The van der Waals surface area contributed by atoms with Crippen LogP contribution in [0.3, 0.4) is 0 Å². The Morgan fingerprint density at radius 3 is 2.07 bits per heavy atom. The lowest BCUT2D eigenvalue weighted by Crippen LogP contribution is -3.00. The van der Waals surface area contributed by atoms with Gasteiger partial charge in [-0.1, -0.05) is 30.3 Å². The maximum Gasteiger partial charge on any atom is 0.119 e. The van der Waals surface area contributed by atoms with Gasteiger partial charge in [0.25, 0.3) is 0 Å². The van der Waals surface area contributed by atoms with Crippen molar-refractivity contribution in [1.29, 1.82) is 0 Å². The van der Waals surface area contributed by atoms with Gasteiger partial charge in [0, 0.05) is 19.1 Å². The van der Waals surface area contributed by atoms with Crippen LogP contribution in [0.1, 0.15) is 12.0 Å². The number of methoxy groups -OCH3 is 1. The van der Waals surface area contributed by atoms with Crippen molar-refractivity contribution in [3.63, 3.8) is 0 Å². The number of hydrogen-bond donors (Lipinski definition) is 0. The van der Waals surface area contributed by atoms with Crippen molar-refractivity contribution >= 4 is 0 Å². The smallest absolute Gasteiger partial charge is 0.119 e. The highest BCUT2D eigenvalue weighted by Gasteiger charge is 2.30. The molecule has 1 heterocycles. The first-order chi connectivity index (χ1) is 13.8. The molecule has 3 rings (SSSR count). The standard InChI is InChI=1S/C23H32NO4.BrH/c1-25-18-19-28-23-10-8-22(9-11-23)27-15-5-12-24(13-16-26-17-14-24)20-21-6-3-2-4-7-21;/h2-4,6-11H,5,12-20H2,1H3;1H/q+1;/p-1. The molecule has 29 heavy (non-hydrogen) atoms. The van der Waals surface area contributed by atoms with E-state index < -0.39 is 0 Å². The summed E-state index contributed by atoms with van der Waals surface area (Å²) in [5.41, 5.74) is 1.40. The molecule has 1 aliphatic rings. The molecular weight excluding hydrogens is 434 g/mol. The zero-order valence-corrected chi connectivity index (χ0v) is 18.8. The first kappa shape index (κ1) is 23.7. The van der Waals surface area contributed by atoms with Gasteiger partial charge < -0.3 is 40.4 Å². The summed E-state index contributed by atoms with van der Waals surface area (Å²) in [7, 11) is 1.67. The third-order valence-corrected chi connectivity index (χ3v) is 5.21. The van der Waals surface area contributed by atoms with Crippen LogP contribution in [0.5, 0.6) is 11.5 Å². The number of benzene rings is 2.